The summed E-state index contributed by atoms with van der Waals surface area (Å²) in [5.74, 6) is -1.17. The summed E-state index contributed by atoms with van der Waals surface area (Å²) in [6.45, 7) is 5.59. The number of rotatable bonds is 10. The van der Waals surface area contributed by atoms with Crippen molar-refractivity contribution in [3.05, 3.63) is 47.0 Å². The van der Waals surface area contributed by atoms with E-state index in [-0.39, 0.29) is 12.5 Å². The molecule has 2 unspecified atom stereocenters. The standard InChI is InChI=1S/C25H33N5O6S/c1-25(2,3)36-24(34)29-23-27-16(14-37-23)11-12-26-20(31)18-19(35-18)21(32)28-17(22(33)30(4)5)13-15-9-7-6-8-10-15/h6-10,14,17-19H,11-13H2,1-5H3,(H,26,31)(H,28,32)(H,27,29,34)/t17-,18?,19?/m0/s1. The van der Waals surface area contributed by atoms with Gasteiger partial charge in [0.05, 0.1) is 5.69 Å². The SMILES string of the molecule is CN(C)C(=O)[C@H](Cc1ccccc1)NC(=O)C1OC1C(=O)NCCc1csc(NC(=O)OC(C)(C)C)n1. The number of thiazole rings is 1. The molecule has 11 nitrogen and oxygen atoms in total. The smallest absolute Gasteiger partial charge is 0.413 e. The Balaban J connectivity index is 1.43. The van der Waals surface area contributed by atoms with Crippen molar-refractivity contribution in [2.24, 2.45) is 0 Å². The zero-order valence-corrected chi connectivity index (χ0v) is 22.4. The first-order valence-electron chi connectivity index (χ1n) is 11.9. The number of benzene rings is 1. The van der Waals surface area contributed by atoms with Crippen LogP contribution >= 0.6 is 11.3 Å². The number of amides is 4. The summed E-state index contributed by atoms with van der Waals surface area (Å²) < 4.78 is 10.5. The van der Waals surface area contributed by atoms with E-state index in [1.54, 1.807) is 40.2 Å². The highest BCUT2D eigenvalue weighted by Crippen LogP contribution is 2.23. The molecule has 0 radical (unpaired) electrons. The molecule has 0 saturated carbocycles. The van der Waals surface area contributed by atoms with E-state index in [2.05, 4.69) is 20.9 Å². The first kappa shape index (κ1) is 28.1. The van der Waals surface area contributed by atoms with E-state index < -0.39 is 41.8 Å². The number of carbonyl (C=O) groups excluding carboxylic acids is 4. The Morgan fingerprint density at radius 3 is 2.43 bits per heavy atom. The lowest BCUT2D eigenvalue weighted by atomic mass is 10.0. The van der Waals surface area contributed by atoms with Gasteiger partial charge in [-0.3, -0.25) is 19.7 Å². The zero-order valence-electron chi connectivity index (χ0n) is 21.6. The molecule has 3 rings (SSSR count). The van der Waals surface area contributed by atoms with Gasteiger partial charge in [0.2, 0.25) is 5.91 Å². The fraction of sp³-hybridized carbons (Fsp3) is 0.480. The molecule has 4 amide bonds. The van der Waals surface area contributed by atoms with Crippen LogP contribution in [0, 0.1) is 0 Å². The van der Waals surface area contributed by atoms with Crippen LogP contribution < -0.4 is 16.0 Å². The number of ether oxygens (including phenoxy) is 2. The number of hydrogen-bond donors (Lipinski definition) is 3. The summed E-state index contributed by atoms with van der Waals surface area (Å²) in [4.78, 5) is 55.3. The summed E-state index contributed by atoms with van der Waals surface area (Å²) in [7, 11) is 3.24. The Bertz CT molecular complexity index is 1110. The quantitative estimate of drug-likeness (QED) is 0.396. The van der Waals surface area contributed by atoms with E-state index in [0.717, 1.165) is 5.56 Å². The van der Waals surface area contributed by atoms with E-state index in [1.165, 1.54) is 16.2 Å². The second-order valence-corrected chi connectivity index (χ2v) is 10.6. The normalized spacial score (nSPS) is 17.3. The molecule has 1 aromatic carbocycles. The third-order valence-corrected chi connectivity index (χ3v) is 5.99. The highest BCUT2D eigenvalue weighted by atomic mass is 32.1. The molecule has 0 aliphatic carbocycles. The fourth-order valence-electron chi connectivity index (χ4n) is 3.41. The van der Waals surface area contributed by atoms with E-state index in [9.17, 15) is 19.2 Å². The highest BCUT2D eigenvalue weighted by Gasteiger charge is 2.50. The van der Waals surface area contributed by atoms with Crippen molar-refractivity contribution < 1.29 is 28.7 Å². The Morgan fingerprint density at radius 2 is 1.78 bits per heavy atom. The van der Waals surface area contributed by atoms with Crippen molar-refractivity contribution in [1.82, 2.24) is 20.5 Å². The van der Waals surface area contributed by atoms with Crippen molar-refractivity contribution in [2.75, 3.05) is 26.0 Å². The predicted molar refractivity (Wildman–Crippen MR) is 138 cm³/mol. The fourth-order valence-corrected chi connectivity index (χ4v) is 4.14. The van der Waals surface area contributed by atoms with Gasteiger partial charge in [0.15, 0.2) is 17.3 Å². The van der Waals surface area contributed by atoms with E-state index in [4.69, 9.17) is 9.47 Å². The number of hydrogen-bond acceptors (Lipinski definition) is 8. The number of nitrogens with one attached hydrogen (secondary N) is 3. The van der Waals surface area contributed by atoms with Gasteiger partial charge in [-0.05, 0) is 26.3 Å². The Hall–Kier alpha value is -3.51. The van der Waals surface area contributed by atoms with Crippen LogP contribution in [0.15, 0.2) is 35.7 Å². The molecule has 0 spiro atoms. The number of anilines is 1. The summed E-state index contributed by atoms with van der Waals surface area (Å²) in [5, 5.41) is 10.2. The van der Waals surface area contributed by atoms with Gasteiger partial charge in [0.1, 0.15) is 11.6 Å². The largest absolute Gasteiger partial charge is 0.444 e. The molecule has 1 aliphatic rings. The number of epoxide rings is 1. The molecule has 3 atom stereocenters. The minimum Gasteiger partial charge on any atom is -0.444 e. The van der Waals surface area contributed by atoms with Crippen molar-refractivity contribution in [3.8, 4) is 0 Å². The maximum atomic E-state index is 12.7. The van der Waals surface area contributed by atoms with Crippen LogP contribution in [-0.4, -0.2) is 78.2 Å². The number of nitrogens with zero attached hydrogens (tertiary/aromatic N) is 2. The Labute approximate surface area is 219 Å². The molecular formula is C25H33N5O6S. The second kappa shape index (κ2) is 12.2. The molecular weight excluding hydrogens is 498 g/mol. The lowest BCUT2D eigenvalue weighted by Gasteiger charge is -2.21. The third-order valence-electron chi connectivity index (χ3n) is 5.19. The molecule has 2 aromatic rings. The zero-order chi connectivity index (χ0) is 27.2. The summed E-state index contributed by atoms with van der Waals surface area (Å²) >= 11 is 1.25. The molecule has 200 valence electrons. The van der Waals surface area contributed by atoms with Gasteiger partial charge in [0.25, 0.3) is 11.8 Å². The van der Waals surface area contributed by atoms with Crippen molar-refractivity contribution in [2.45, 2.75) is 57.5 Å². The Kier molecular flexibility index (Phi) is 9.22. The van der Waals surface area contributed by atoms with Crippen LogP contribution in [0.25, 0.3) is 0 Å². The van der Waals surface area contributed by atoms with Crippen LogP contribution in [0.2, 0.25) is 0 Å². The Morgan fingerprint density at radius 1 is 1.11 bits per heavy atom. The molecule has 1 aliphatic heterocycles. The van der Waals surface area contributed by atoms with Gasteiger partial charge in [-0.1, -0.05) is 30.3 Å². The highest BCUT2D eigenvalue weighted by molar-refractivity contribution is 7.13. The minimum absolute atomic E-state index is 0.248. The molecule has 1 aromatic heterocycles. The number of aromatic nitrogens is 1. The van der Waals surface area contributed by atoms with Crippen LogP contribution in [0.3, 0.4) is 0 Å². The van der Waals surface area contributed by atoms with Gasteiger partial charge in [-0.25, -0.2) is 9.78 Å². The van der Waals surface area contributed by atoms with Crippen LogP contribution in [0.5, 0.6) is 0 Å². The van der Waals surface area contributed by atoms with Crippen LogP contribution in [-0.2, 0) is 36.7 Å². The van der Waals surface area contributed by atoms with E-state index >= 15 is 0 Å². The first-order chi connectivity index (χ1) is 17.4. The van der Waals surface area contributed by atoms with Crippen LogP contribution in [0.1, 0.15) is 32.0 Å². The van der Waals surface area contributed by atoms with Crippen molar-refractivity contribution in [1.29, 1.82) is 0 Å². The number of likely N-dealkylation sites (N-methyl/N-ethyl adjacent to an activating group) is 1. The van der Waals surface area contributed by atoms with E-state index in [1.807, 2.05) is 30.3 Å². The maximum absolute atomic E-state index is 12.7. The molecule has 12 heteroatoms. The van der Waals surface area contributed by atoms with Gasteiger partial charge in [-0.15, -0.1) is 11.3 Å². The number of carbonyl (C=O) groups is 4. The molecule has 1 saturated heterocycles. The van der Waals surface area contributed by atoms with E-state index in [0.29, 0.717) is 23.7 Å². The monoisotopic (exact) mass is 531 g/mol. The van der Waals surface area contributed by atoms with Crippen molar-refractivity contribution >= 4 is 40.3 Å². The summed E-state index contributed by atoms with van der Waals surface area (Å²) in [6.07, 6.45) is -1.69. The average molecular weight is 532 g/mol. The maximum Gasteiger partial charge on any atom is 0.413 e. The van der Waals surface area contributed by atoms with Gasteiger partial charge in [-0.2, -0.15) is 0 Å². The molecule has 2 heterocycles. The van der Waals surface area contributed by atoms with Gasteiger partial charge < -0.3 is 25.0 Å². The summed E-state index contributed by atoms with van der Waals surface area (Å²) in [6, 6.07) is 8.59. The lowest BCUT2D eigenvalue weighted by molar-refractivity contribution is -0.134. The third kappa shape index (κ3) is 8.83. The minimum atomic E-state index is -0.947. The van der Waals surface area contributed by atoms with Gasteiger partial charge >= 0.3 is 6.09 Å². The second-order valence-electron chi connectivity index (χ2n) is 9.77. The lowest BCUT2D eigenvalue weighted by Crippen LogP contribution is -2.49. The first-order valence-corrected chi connectivity index (χ1v) is 12.7. The molecule has 3 N–H and O–H groups in total. The molecule has 1 fully saturated rings. The molecule has 37 heavy (non-hydrogen) atoms. The topological polar surface area (TPSA) is 142 Å². The summed E-state index contributed by atoms with van der Waals surface area (Å²) in [5.41, 5.74) is 0.979. The average Bonchev–Trinajstić information content (AvgIpc) is 3.51. The van der Waals surface area contributed by atoms with Crippen molar-refractivity contribution in [3.63, 3.8) is 0 Å². The molecule has 0 bridgehead atoms. The predicted octanol–water partition coefficient (Wildman–Crippen LogP) is 1.73. The van der Waals surface area contributed by atoms with Gasteiger partial charge in [0, 0.05) is 38.9 Å². The van der Waals surface area contributed by atoms with Crippen LogP contribution in [0.4, 0.5) is 9.93 Å².